The van der Waals surface area contributed by atoms with E-state index >= 15 is 0 Å². The van der Waals surface area contributed by atoms with Gasteiger partial charge in [0.05, 0.1) is 16.4 Å². The van der Waals surface area contributed by atoms with Crippen molar-refractivity contribution in [3.8, 4) is 0 Å². The van der Waals surface area contributed by atoms with Crippen molar-refractivity contribution in [2.45, 2.75) is 16.1 Å². The highest BCUT2D eigenvalue weighted by molar-refractivity contribution is 7.92. The summed E-state index contributed by atoms with van der Waals surface area (Å²) in [6, 6.07) is 10.3. The summed E-state index contributed by atoms with van der Waals surface area (Å²) >= 11 is 0. The van der Waals surface area contributed by atoms with Crippen LogP contribution in [0.4, 0.5) is 0 Å². The molecule has 1 aromatic heterocycles. The van der Waals surface area contributed by atoms with E-state index in [-0.39, 0.29) is 24.1 Å². The number of benzene rings is 1. The Morgan fingerprint density at radius 2 is 1.95 bits per heavy atom. The maximum absolute atomic E-state index is 12.6. The van der Waals surface area contributed by atoms with Crippen LogP contribution < -0.4 is 0 Å². The molecule has 0 saturated carbocycles. The summed E-state index contributed by atoms with van der Waals surface area (Å²) in [7, 11) is -3.34. The Hall–Kier alpha value is -2.08. The first kappa shape index (κ1) is 12.6. The molecule has 1 saturated heterocycles. The second kappa shape index (κ2) is 4.21. The number of furan rings is 1. The summed E-state index contributed by atoms with van der Waals surface area (Å²) in [6.45, 7) is 0.641. The van der Waals surface area contributed by atoms with E-state index in [1.54, 1.807) is 29.2 Å². The molecule has 1 fully saturated rings. The average molecular weight is 303 g/mol. The number of fused-ring (bicyclic) bond motifs is 3. The molecular formula is C15H13NO4S. The number of likely N-dealkylation sites (tertiary alicyclic amines) is 1. The molecule has 3 heterocycles. The van der Waals surface area contributed by atoms with Gasteiger partial charge in [0.2, 0.25) is 0 Å². The normalized spacial score (nSPS) is 25.6. The van der Waals surface area contributed by atoms with Crippen molar-refractivity contribution in [2.75, 3.05) is 13.1 Å². The van der Waals surface area contributed by atoms with Gasteiger partial charge in [0.1, 0.15) is 0 Å². The van der Waals surface area contributed by atoms with E-state index in [0.29, 0.717) is 11.4 Å². The predicted molar refractivity (Wildman–Crippen MR) is 74.8 cm³/mol. The molecule has 2 atom stereocenters. The molecular weight excluding hydrogens is 290 g/mol. The zero-order valence-corrected chi connectivity index (χ0v) is 11.9. The lowest BCUT2D eigenvalue weighted by molar-refractivity contribution is 0.0759. The van der Waals surface area contributed by atoms with Crippen LogP contribution in [-0.2, 0) is 9.84 Å². The number of carbonyl (C=O) groups is 1. The summed E-state index contributed by atoms with van der Waals surface area (Å²) in [4.78, 5) is 14.3. The van der Waals surface area contributed by atoms with E-state index in [1.165, 1.54) is 6.26 Å². The SMILES string of the molecule is O=C(c1ccco1)N1C[C@@H]2c3ccccc3S(=O)(=O)[C@H]2C1. The Labute approximate surface area is 122 Å². The molecule has 0 unspecified atom stereocenters. The standard InChI is InChI=1S/C15H13NO4S/c17-15(12-5-3-7-20-12)16-8-11-10-4-1-2-6-13(10)21(18,19)14(11)9-16/h1-7,11,14H,8-9H2/t11-,14+/m1/s1. The smallest absolute Gasteiger partial charge is 0.289 e. The van der Waals surface area contributed by atoms with Gasteiger partial charge in [-0.05, 0) is 23.8 Å². The minimum absolute atomic E-state index is 0.134. The third-order valence-corrected chi connectivity index (χ3v) is 6.57. The van der Waals surface area contributed by atoms with Gasteiger partial charge in [-0.2, -0.15) is 0 Å². The van der Waals surface area contributed by atoms with Crippen LogP contribution in [0.5, 0.6) is 0 Å². The van der Waals surface area contributed by atoms with E-state index in [1.807, 2.05) is 12.1 Å². The number of carbonyl (C=O) groups excluding carboxylic acids is 1. The van der Waals surface area contributed by atoms with Crippen LogP contribution in [0.1, 0.15) is 22.0 Å². The van der Waals surface area contributed by atoms with Gasteiger partial charge in [0.15, 0.2) is 15.6 Å². The molecule has 6 heteroatoms. The zero-order chi connectivity index (χ0) is 14.6. The predicted octanol–water partition coefficient (Wildman–Crippen LogP) is 1.68. The number of hydrogen-bond donors (Lipinski definition) is 0. The second-order valence-electron chi connectivity index (χ2n) is 5.42. The van der Waals surface area contributed by atoms with Gasteiger partial charge in [0, 0.05) is 19.0 Å². The average Bonchev–Trinajstić information content (AvgIpc) is 3.18. The van der Waals surface area contributed by atoms with Gasteiger partial charge in [-0.3, -0.25) is 4.79 Å². The maximum atomic E-state index is 12.6. The second-order valence-corrected chi connectivity index (χ2v) is 7.55. The monoisotopic (exact) mass is 303 g/mol. The largest absolute Gasteiger partial charge is 0.459 e. The molecule has 0 bridgehead atoms. The van der Waals surface area contributed by atoms with Crippen LogP contribution in [0.15, 0.2) is 52.0 Å². The van der Waals surface area contributed by atoms with Crippen LogP contribution in [-0.4, -0.2) is 37.6 Å². The molecule has 2 aliphatic heterocycles. The lowest BCUT2D eigenvalue weighted by Gasteiger charge is -2.16. The summed E-state index contributed by atoms with van der Waals surface area (Å²) < 4.78 is 30.2. The molecule has 21 heavy (non-hydrogen) atoms. The molecule has 4 rings (SSSR count). The summed E-state index contributed by atoms with van der Waals surface area (Å²) in [5.74, 6) is -0.132. The van der Waals surface area contributed by atoms with Crippen molar-refractivity contribution in [1.29, 1.82) is 0 Å². The van der Waals surface area contributed by atoms with E-state index in [2.05, 4.69) is 0 Å². The maximum Gasteiger partial charge on any atom is 0.289 e. The first-order valence-corrected chi connectivity index (χ1v) is 8.29. The van der Waals surface area contributed by atoms with Crippen molar-refractivity contribution in [1.82, 2.24) is 4.90 Å². The molecule has 1 amide bonds. The molecule has 108 valence electrons. The van der Waals surface area contributed by atoms with Crippen molar-refractivity contribution in [3.05, 3.63) is 54.0 Å². The molecule has 5 nitrogen and oxygen atoms in total. The van der Waals surface area contributed by atoms with Gasteiger partial charge in [-0.15, -0.1) is 0 Å². The Morgan fingerprint density at radius 3 is 2.71 bits per heavy atom. The van der Waals surface area contributed by atoms with Crippen molar-refractivity contribution < 1.29 is 17.6 Å². The van der Waals surface area contributed by atoms with Crippen LogP contribution in [0.2, 0.25) is 0 Å². The summed E-state index contributed by atoms with van der Waals surface area (Å²) in [5, 5.41) is -0.534. The molecule has 0 aliphatic carbocycles. The van der Waals surface area contributed by atoms with Gasteiger partial charge in [0.25, 0.3) is 5.91 Å². The van der Waals surface area contributed by atoms with E-state index in [9.17, 15) is 13.2 Å². The topological polar surface area (TPSA) is 67.6 Å². The minimum atomic E-state index is -3.34. The highest BCUT2D eigenvalue weighted by atomic mass is 32.2. The lowest BCUT2D eigenvalue weighted by atomic mass is 9.99. The summed E-state index contributed by atoms with van der Waals surface area (Å²) in [5.41, 5.74) is 0.831. The number of amides is 1. The molecule has 0 N–H and O–H groups in total. The van der Waals surface area contributed by atoms with Crippen molar-refractivity contribution >= 4 is 15.7 Å². The fraction of sp³-hybridized carbons (Fsp3) is 0.267. The Morgan fingerprint density at radius 1 is 1.14 bits per heavy atom. The van der Waals surface area contributed by atoms with E-state index < -0.39 is 15.1 Å². The summed E-state index contributed by atoms with van der Waals surface area (Å²) in [6.07, 6.45) is 1.44. The van der Waals surface area contributed by atoms with Gasteiger partial charge >= 0.3 is 0 Å². The van der Waals surface area contributed by atoms with Crippen molar-refractivity contribution in [3.63, 3.8) is 0 Å². The first-order chi connectivity index (χ1) is 10.1. The highest BCUT2D eigenvalue weighted by Gasteiger charge is 2.51. The van der Waals surface area contributed by atoms with Crippen molar-refractivity contribution in [2.24, 2.45) is 0 Å². The number of nitrogens with zero attached hydrogens (tertiary/aromatic N) is 1. The van der Waals surface area contributed by atoms with Crippen LogP contribution in [0, 0.1) is 0 Å². The molecule has 2 aromatic rings. The van der Waals surface area contributed by atoms with E-state index in [0.717, 1.165) is 5.56 Å². The van der Waals surface area contributed by atoms with Crippen LogP contribution in [0.3, 0.4) is 0 Å². The Kier molecular flexibility index (Phi) is 2.53. The van der Waals surface area contributed by atoms with Gasteiger partial charge in [-0.1, -0.05) is 18.2 Å². The number of sulfone groups is 1. The third kappa shape index (κ3) is 1.68. The first-order valence-electron chi connectivity index (χ1n) is 6.74. The third-order valence-electron chi connectivity index (χ3n) is 4.31. The Bertz CT molecular complexity index is 810. The van der Waals surface area contributed by atoms with Gasteiger partial charge in [-0.25, -0.2) is 8.42 Å². The van der Waals surface area contributed by atoms with Crippen LogP contribution >= 0.6 is 0 Å². The fourth-order valence-electron chi connectivity index (χ4n) is 3.32. The number of hydrogen-bond acceptors (Lipinski definition) is 4. The molecule has 2 aliphatic rings. The quantitative estimate of drug-likeness (QED) is 0.804. The van der Waals surface area contributed by atoms with E-state index in [4.69, 9.17) is 4.42 Å². The molecule has 0 spiro atoms. The zero-order valence-electron chi connectivity index (χ0n) is 11.1. The molecule has 0 radical (unpaired) electrons. The molecule has 1 aromatic carbocycles. The fourth-order valence-corrected chi connectivity index (χ4v) is 5.50. The lowest BCUT2D eigenvalue weighted by Crippen LogP contribution is -2.31. The number of rotatable bonds is 1. The highest BCUT2D eigenvalue weighted by Crippen LogP contribution is 2.44. The minimum Gasteiger partial charge on any atom is -0.459 e. The van der Waals surface area contributed by atoms with Gasteiger partial charge < -0.3 is 9.32 Å². The van der Waals surface area contributed by atoms with Crippen LogP contribution in [0.25, 0.3) is 0 Å². The Balaban J connectivity index is 1.70.